The van der Waals surface area contributed by atoms with E-state index in [1.807, 2.05) is 0 Å². The minimum absolute atomic E-state index is 0.0908. The van der Waals surface area contributed by atoms with Gasteiger partial charge in [-0.1, -0.05) is 83.4 Å². The minimum atomic E-state index is 0.0908. The van der Waals surface area contributed by atoms with Gasteiger partial charge in [-0.15, -0.1) is 0 Å². The minimum Gasteiger partial charge on any atom is -0.322 e. The van der Waals surface area contributed by atoms with Gasteiger partial charge in [-0.3, -0.25) is 4.79 Å². The molecule has 27 heavy (non-hydrogen) atoms. The van der Waals surface area contributed by atoms with E-state index in [4.69, 9.17) is 0 Å². The van der Waals surface area contributed by atoms with E-state index in [1.165, 1.54) is 24.0 Å². The van der Waals surface area contributed by atoms with Gasteiger partial charge in [-0.2, -0.15) is 0 Å². The lowest BCUT2D eigenvalue weighted by Crippen LogP contribution is -2.16. The SMILES string of the molecule is CCC/C=C(\c1ccc(C(C)(C)C)cc1)c1ccc(C2CCCC2)c(=O)[nH]1. The highest BCUT2D eigenvalue weighted by Gasteiger charge is 2.20. The molecule has 2 nitrogen and oxygen atoms in total. The average Bonchev–Trinajstić information content (AvgIpc) is 3.16. The van der Waals surface area contributed by atoms with E-state index in [0.29, 0.717) is 5.92 Å². The Balaban J connectivity index is 1.96. The molecular formula is C25H33NO. The molecular weight excluding hydrogens is 330 g/mol. The van der Waals surface area contributed by atoms with Crippen LogP contribution in [0.2, 0.25) is 0 Å². The molecule has 1 N–H and O–H groups in total. The van der Waals surface area contributed by atoms with Gasteiger partial charge in [0.15, 0.2) is 0 Å². The molecule has 144 valence electrons. The number of aromatic amines is 1. The summed E-state index contributed by atoms with van der Waals surface area (Å²) in [5.74, 6) is 0.442. The molecule has 1 aliphatic carbocycles. The molecule has 0 unspecified atom stereocenters. The second-order valence-electron chi connectivity index (χ2n) is 8.87. The third-order valence-corrected chi connectivity index (χ3v) is 5.72. The molecule has 0 amide bonds. The summed E-state index contributed by atoms with van der Waals surface area (Å²) in [7, 11) is 0. The van der Waals surface area contributed by atoms with Gasteiger partial charge in [0.25, 0.3) is 5.56 Å². The number of benzene rings is 1. The van der Waals surface area contributed by atoms with Crippen molar-refractivity contribution in [3.8, 4) is 0 Å². The lowest BCUT2D eigenvalue weighted by molar-refractivity contribution is 0.590. The Labute approximate surface area is 163 Å². The van der Waals surface area contributed by atoms with Crippen LogP contribution < -0.4 is 5.56 Å². The van der Waals surface area contributed by atoms with Crippen molar-refractivity contribution in [3.63, 3.8) is 0 Å². The number of nitrogens with one attached hydrogen (secondary N) is 1. The van der Waals surface area contributed by atoms with Crippen molar-refractivity contribution >= 4 is 5.57 Å². The smallest absolute Gasteiger partial charge is 0.251 e. The van der Waals surface area contributed by atoms with Gasteiger partial charge in [-0.05, 0) is 47.8 Å². The van der Waals surface area contributed by atoms with Crippen molar-refractivity contribution in [2.75, 3.05) is 0 Å². The number of allylic oxidation sites excluding steroid dienone is 1. The summed E-state index contributed by atoms with van der Waals surface area (Å²) < 4.78 is 0. The van der Waals surface area contributed by atoms with Gasteiger partial charge in [0, 0.05) is 16.8 Å². The molecule has 0 saturated heterocycles. The fraction of sp³-hybridized carbons (Fsp3) is 0.480. The number of unbranched alkanes of at least 4 members (excludes halogenated alkanes) is 1. The molecule has 0 aliphatic heterocycles. The van der Waals surface area contributed by atoms with Gasteiger partial charge in [-0.25, -0.2) is 0 Å². The summed E-state index contributed by atoms with van der Waals surface area (Å²) in [5, 5.41) is 0. The number of H-pyrrole nitrogens is 1. The molecule has 2 heteroatoms. The van der Waals surface area contributed by atoms with Crippen LogP contribution in [0.3, 0.4) is 0 Å². The van der Waals surface area contributed by atoms with Crippen LogP contribution in [0.15, 0.2) is 47.3 Å². The van der Waals surface area contributed by atoms with Crippen LogP contribution in [0, 0.1) is 0 Å². The topological polar surface area (TPSA) is 32.9 Å². The lowest BCUT2D eigenvalue weighted by Gasteiger charge is -2.19. The van der Waals surface area contributed by atoms with Crippen LogP contribution in [0.4, 0.5) is 0 Å². The molecule has 1 aliphatic rings. The van der Waals surface area contributed by atoms with Gasteiger partial charge >= 0.3 is 0 Å². The van der Waals surface area contributed by atoms with Gasteiger partial charge in [0.1, 0.15) is 0 Å². The van der Waals surface area contributed by atoms with E-state index in [1.54, 1.807) is 0 Å². The summed E-state index contributed by atoms with van der Waals surface area (Å²) in [6, 6.07) is 13.0. The van der Waals surface area contributed by atoms with Crippen molar-refractivity contribution in [1.82, 2.24) is 4.98 Å². The van der Waals surface area contributed by atoms with E-state index >= 15 is 0 Å². The number of hydrogen-bond acceptors (Lipinski definition) is 1. The molecule has 2 aromatic rings. The third-order valence-electron chi connectivity index (χ3n) is 5.72. The zero-order chi connectivity index (χ0) is 19.4. The number of rotatable bonds is 5. The second kappa shape index (κ2) is 8.29. The van der Waals surface area contributed by atoms with Crippen LogP contribution in [-0.2, 0) is 5.41 Å². The van der Waals surface area contributed by atoms with E-state index in [0.717, 1.165) is 42.5 Å². The van der Waals surface area contributed by atoms with E-state index < -0.39 is 0 Å². The number of pyridine rings is 1. The molecule has 0 radical (unpaired) electrons. The zero-order valence-electron chi connectivity index (χ0n) is 17.3. The molecule has 1 aromatic heterocycles. The molecule has 1 aromatic carbocycles. The predicted octanol–water partition coefficient (Wildman–Crippen LogP) is 6.56. The Bertz CT molecular complexity index is 843. The first-order valence-corrected chi connectivity index (χ1v) is 10.4. The van der Waals surface area contributed by atoms with Crippen molar-refractivity contribution in [3.05, 3.63) is 75.2 Å². The summed E-state index contributed by atoms with van der Waals surface area (Å²) in [4.78, 5) is 15.9. The van der Waals surface area contributed by atoms with Gasteiger partial charge in [0.05, 0.1) is 0 Å². The first-order chi connectivity index (χ1) is 12.9. The molecule has 1 fully saturated rings. The monoisotopic (exact) mass is 363 g/mol. The summed E-state index contributed by atoms with van der Waals surface area (Å²) in [5.41, 5.74) is 5.75. The lowest BCUT2D eigenvalue weighted by atomic mass is 9.86. The van der Waals surface area contributed by atoms with Crippen LogP contribution in [0.25, 0.3) is 5.57 Å². The zero-order valence-corrected chi connectivity index (χ0v) is 17.3. The highest BCUT2D eigenvalue weighted by Crippen LogP contribution is 2.33. The first-order valence-electron chi connectivity index (χ1n) is 10.4. The van der Waals surface area contributed by atoms with Crippen LogP contribution in [0.1, 0.15) is 94.5 Å². The van der Waals surface area contributed by atoms with Crippen molar-refractivity contribution in [2.24, 2.45) is 0 Å². The molecule has 0 spiro atoms. The second-order valence-corrected chi connectivity index (χ2v) is 8.87. The standard InChI is InChI=1S/C25H33NO/c1-5-6-11-21(19-12-14-20(15-13-19)25(2,3)4)23-17-16-22(24(27)26-23)18-9-7-8-10-18/h11-18H,5-10H2,1-4H3,(H,26,27)/b21-11+. The average molecular weight is 364 g/mol. The Morgan fingerprint density at radius 3 is 2.30 bits per heavy atom. The normalized spacial score (nSPS) is 16.1. The highest BCUT2D eigenvalue weighted by molar-refractivity contribution is 5.78. The maximum Gasteiger partial charge on any atom is 0.251 e. The van der Waals surface area contributed by atoms with E-state index in [-0.39, 0.29) is 11.0 Å². The van der Waals surface area contributed by atoms with E-state index in [9.17, 15) is 4.79 Å². The molecule has 0 atom stereocenters. The van der Waals surface area contributed by atoms with Crippen molar-refractivity contribution in [2.45, 2.75) is 77.6 Å². The molecule has 3 rings (SSSR count). The van der Waals surface area contributed by atoms with Gasteiger partial charge < -0.3 is 4.98 Å². The van der Waals surface area contributed by atoms with Crippen LogP contribution >= 0.6 is 0 Å². The van der Waals surface area contributed by atoms with Crippen molar-refractivity contribution in [1.29, 1.82) is 0 Å². The maximum absolute atomic E-state index is 12.7. The Kier molecular flexibility index (Phi) is 6.04. The third kappa shape index (κ3) is 4.61. The van der Waals surface area contributed by atoms with E-state index in [2.05, 4.69) is 75.2 Å². The molecule has 0 bridgehead atoms. The van der Waals surface area contributed by atoms with Crippen LogP contribution in [-0.4, -0.2) is 4.98 Å². The Morgan fingerprint density at radius 1 is 1.07 bits per heavy atom. The molecule has 1 saturated carbocycles. The number of hydrogen-bond donors (Lipinski definition) is 1. The largest absolute Gasteiger partial charge is 0.322 e. The quantitative estimate of drug-likeness (QED) is 0.641. The fourth-order valence-corrected chi connectivity index (χ4v) is 4.02. The first kappa shape index (κ1) is 19.7. The Morgan fingerprint density at radius 2 is 1.74 bits per heavy atom. The Hall–Kier alpha value is -2.09. The number of aromatic nitrogens is 1. The molecule has 1 heterocycles. The van der Waals surface area contributed by atoms with Gasteiger partial charge in [0.2, 0.25) is 0 Å². The fourth-order valence-electron chi connectivity index (χ4n) is 4.02. The van der Waals surface area contributed by atoms with Crippen LogP contribution in [0.5, 0.6) is 0 Å². The summed E-state index contributed by atoms with van der Waals surface area (Å²) in [6.45, 7) is 8.88. The maximum atomic E-state index is 12.7. The summed E-state index contributed by atoms with van der Waals surface area (Å²) >= 11 is 0. The highest BCUT2D eigenvalue weighted by atomic mass is 16.1. The van der Waals surface area contributed by atoms with Crippen molar-refractivity contribution < 1.29 is 0 Å². The summed E-state index contributed by atoms with van der Waals surface area (Å²) in [6.07, 6.45) is 9.13. The predicted molar refractivity (Wildman–Crippen MR) is 115 cm³/mol.